The maximum atomic E-state index is 6.12. The van der Waals surface area contributed by atoms with Gasteiger partial charge in [-0.25, -0.2) is 0 Å². The molecule has 2 rings (SSSR count). The number of aryl methyl sites for hydroxylation is 1. The molecule has 0 radical (unpaired) electrons. The van der Waals surface area contributed by atoms with Crippen molar-refractivity contribution >= 4 is 50.5 Å². The molecule has 0 amide bonds. The Morgan fingerprint density at radius 2 is 2.00 bits per heavy atom. The fraction of sp³-hybridized carbons (Fsp3) is 0.167. The molecule has 16 heavy (non-hydrogen) atoms. The summed E-state index contributed by atoms with van der Waals surface area (Å²) in [4.78, 5) is 1.23. The Balaban J connectivity index is 2.45. The minimum Gasteiger partial charge on any atom is -0.146 e. The Bertz CT molecular complexity index is 507. The zero-order chi connectivity index (χ0) is 11.7. The largest absolute Gasteiger partial charge is 0.146 e. The maximum absolute atomic E-state index is 6.12. The number of thiophene rings is 1. The lowest BCUT2D eigenvalue weighted by molar-refractivity contribution is 1.18. The van der Waals surface area contributed by atoms with E-state index in [0.29, 0.717) is 0 Å². The number of halogens is 3. The van der Waals surface area contributed by atoms with Gasteiger partial charge in [0.1, 0.15) is 0 Å². The molecule has 0 saturated carbocycles. The molecule has 0 saturated heterocycles. The summed E-state index contributed by atoms with van der Waals surface area (Å²) in [7, 11) is 0. The Morgan fingerprint density at radius 3 is 2.62 bits per heavy atom. The Kier molecular flexibility index (Phi) is 3.96. The summed E-state index contributed by atoms with van der Waals surface area (Å²) in [6, 6.07) is 7.81. The summed E-state index contributed by atoms with van der Waals surface area (Å²) in [6.45, 7) is 2.07. The van der Waals surface area contributed by atoms with Crippen LogP contribution in [0.1, 0.15) is 20.8 Å². The summed E-state index contributed by atoms with van der Waals surface area (Å²) < 4.78 is 0. The van der Waals surface area contributed by atoms with Gasteiger partial charge in [0.2, 0.25) is 0 Å². The van der Waals surface area contributed by atoms with Crippen LogP contribution in [0.3, 0.4) is 0 Å². The van der Waals surface area contributed by atoms with Crippen LogP contribution in [0.2, 0.25) is 10.0 Å². The average molecular weight is 336 g/mol. The Labute approximate surface area is 117 Å². The normalized spacial score (nSPS) is 12.8. The van der Waals surface area contributed by atoms with E-state index >= 15 is 0 Å². The van der Waals surface area contributed by atoms with Gasteiger partial charge in [0, 0.05) is 9.90 Å². The monoisotopic (exact) mass is 334 g/mol. The van der Waals surface area contributed by atoms with Gasteiger partial charge in [-0.2, -0.15) is 0 Å². The van der Waals surface area contributed by atoms with Gasteiger partial charge in [0.05, 0.1) is 9.85 Å². The first-order valence-electron chi connectivity index (χ1n) is 4.72. The van der Waals surface area contributed by atoms with Gasteiger partial charge in [-0.3, -0.25) is 0 Å². The summed E-state index contributed by atoms with van der Waals surface area (Å²) in [5.41, 5.74) is 2.37. The van der Waals surface area contributed by atoms with Crippen molar-refractivity contribution < 1.29 is 0 Å². The molecule has 0 spiro atoms. The molecule has 0 aliphatic rings. The third-order valence-electron chi connectivity index (χ3n) is 2.39. The lowest BCUT2D eigenvalue weighted by Gasteiger charge is -2.12. The third-order valence-corrected chi connectivity index (χ3v) is 5.30. The van der Waals surface area contributed by atoms with Crippen LogP contribution in [0.15, 0.2) is 29.6 Å². The highest BCUT2D eigenvalue weighted by Gasteiger charge is 2.17. The Morgan fingerprint density at radius 1 is 1.25 bits per heavy atom. The van der Waals surface area contributed by atoms with E-state index < -0.39 is 0 Å². The van der Waals surface area contributed by atoms with Crippen molar-refractivity contribution in [2.45, 2.75) is 11.8 Å². The maximum Gasteiger partial charge on any atom is 0.0756 e. The molecular weight excluding hydrogens is 327 g/mol. The average Bonchev–Trinajstić information content (AvgIpc) is 2.67. The number of rotatable bonds is 2. The summed E-state index contributed by atoms with van der Waals surface area (Å²) in [6.07, 6.45) is 0. The van der Waals surface area contributed by atoms with Crippen molar-refractivity contribution in [2.75, 3.05) is 0 Å². The molecule has 0 fully saturated rings. The molecule has 2 aromatic rings. The third kappa shape index (κ3) is 2.45. The first-order chi connectivity index (χ1) is 7.59. The minimum atomic E-state index is 0.110. The van der Waals surface area contributed by atoms with Crippen molar-refractivity contribution in [1.82, 2.24) is 0 Å². The van der Waals surface area contributed by atoms with Gasteiger partial charge in [0.25, 0.3) is 0 Å². The van der Waals surface area contributed by atoms with Gasteiger partial charge in [-0.15, -0.1) is 11.3 Å². The van der Waals surface area contributed by atoms with Gasteiger partial charge in [-0.1, -0.05) is 45.2 Å². The van der Waals surface area contributed by atoms with E-state index in [9.17, 15) is 0 Å². The molecule has 0 bridgehead atoms. The van der Waals surface area contributed by atoms with Crippen LogP contribution in [0.5, 0.6) is 0 Å². The summed E-state index contributed by atoms with van der Waals surface area (Å²) >= 11 is 17.5. The number of hydrogen-bond acceptors (Lipinski definition) is 1. The van der Waals surface area contributed by atoms with E-state index in [1.54, 1.807) is 11.3 Å². The van der Waals surface area contributed by atoms with Crippen LogP contribution in [-0.4, -0.2) is 0 Å². The second-order valence-corrected chi connectivity index (χ2v) is 6.20. The quantitative estimate of drug-likeness (QED) is 0.604. The van der Waals surface area contributed by atoms with E-state index in [-0.39, 0.29) is 4.83 Å². The van der Waals surface area contributed by atoms with Crippen molar-refractivity contribution in [3.63, 3.8) is 0 Å². The SMILES string of the molecule is Cc1ccc(Cl)cc1C(Br)c1sccc1Cl. The molecule has 0 N–H and O–H groups in total. The zero-order valence-corrected chi connectivity index (χ0v) is 12.4. The van der Waals surface area contributed by atoms with Crippen molar-refractivity contribution in [2.24, 2.45) is 0 Å². The zero-order valence-electron chi connectivity index (χ0n) is 8.51. The first-order valence-corrected chi connectivity index (χ1v) is 7.27. The van der Waals surface area contributed by atoms with Crippen LogP contribution in [0, 0.1) is 6.92 Å². The van der Waals surface area contributed by atoms with Gasteiger partial charge < -0.3 is 0 Å². The summed E-state index contributed by atoms with van der Waals surface area (Å²) in [5, 5.41) is 3.54. The highest BCUT2D eigenvalue weighted by atomic mass is 79.9. The van der Waals surface area contributed by atoms with E-state index in [2.05, 4.69) is 22.9 Å². The predicted octanol–water partition coefficient (Wildman–Crippen LogP) is 5.85. The second kappa shape index (κ2) is 5.09. The van der Waals surface area contributed by atoms with Crippen molar-refractivity contribution in [1.29, 1.82) is 0 Å². The van der Waals surface area contributed by atoms with Crippen molar-refractivity contribution in [3.8, 4) is 0 Å². The standard InChI is InChI=1S/C12H9BrCl2S/c1-7-2-3-8(14)6-9(7)11(13)12-10(15)4-5-16-12/h2-6,11H,1H3. The van der Waals surface area contributed by atoms with Gasteiger partial charge in [0.15, 0.2) is 0 Å². The topological polar surface area (TPSA) is 0 Å². The Hall–Kier alpha value is -0.0200. The van der Waals surface area contributed by atoms with Crippen LogP contribution < -0.4 is 0 Å². The molecular formula is C12H9BrCl2S. The molecule has 1 heterocycles. The fourth-order valence-corrected chi connectivity index (χ4v) is 4.05. The lowest BCUT2D eigenvalue weighted by atomic mass is 10.1. The van der Waals surface area contributed by atoms with E-state index in [1.807, 2.05) is 29.6 Å². The van der Waals surface area contributed by atoms with E-state index in [1.165, 1.54) is 5.56 Å². The smallest absolute Gasteiger partial charge is 0.0756 e. The van der Waals surface area contributed by atoms with Crippen molar-refractivity contribution in [3.05, 3.63) is 55.7 Å². The van der Waals surface area contributed by atoms with Crippen LogP contribution in [0.25, 0.3) is 0 Å². The molecule has 0 nitrogen and oxygen atoms in total. The molecule has 1 atom stereocenters. The van der Waals surface area contributed by atoms with E-state index in [4.69, 9.17) is 23.2 Å². The van der Waals surface area contributed by atoms with Gasteiger partial charge in [-0.05, 0) is 41.6 Å². The molecule has 0 aliphatic heterocycles. The fourth-order valence-electron chi connectivity index (χ4n) is 1.51. The number of alkyl halides is 1. The van der Waals surface area contributed by atoms with Crippen LogP contribution in [0.4, 0.5) is 0 Å². The molecule has 4 heteroatoms. The molecule has 84 valence electrons. The highest BCUT2D eigenvalue weighted by Crippen LogP contribution is 2.40. The number of benzene rings is 1. The van der Waals surface area contributed by atoms with Crippen LogP contribution in [-0.2, 0) is 0 Å². The second-order valence-electron chi connectivity index (χ2n) is 3.50. The minimum absolute atomic E-state index is 0.110. The molecule has 0 aliphatic carbocycles. The van der Waals surface area contributed by atoms with Gasteiger partial charge >= 0.3 is 0 Å². The number of hydrogen-bond donors (Lipinski definition) is 0. The highest BCUT2D eigenvalue weighted by molar-refractivity contribution is 9.09. The van der Waals surface area contributed by atoms with Crippen LogP contribution >= 0.6 is 50.5 Å². The summed E-state index contributed by atoms with van der Waals surface area (Å²) in [5.74, 6) is 0. The van der Waals surface area contributed by atoms with E-state index in [0.717, 1.165) is 20.5 Å². The molecule has 1 unspecified atom stereocenters. The first kappa shape index (κ1) is 12.4. The molecule has 1 aromatic carbocycles. The molecule has 1 aromatic heterocycles. The lowest BCUT2D eigenvalue weighted by Crippen LogP contribution is -1.94. The predicted molar refractivity (Wildman–Crippen MR) is 76.3 cm³/mol.